The third kappa shape index (κ3) is 4.89. The van der Waals surface area contributed by atoms with Crippen LogP contribution in [-0.2, 0) is 16.0 Å². The predicted octanol–water partition coefficient (Wildman–Crippen LogP) is 4.27. The van der Waals surface area contributed by atoms with Crippen molar-refractivity contribution in [1.29, 1.82) is 0 Å². The number of carbonyl (C=O) groups is 2. The molecule has 1 N–H and O–H groups in total. The van der Waals surface area contributed by atoms with Gasteiger partial charge in [-0.05, 0) is 37.1 Å². The number of rotatable bonds is 6. The summed E-state index contributed by atoms with van der Waals surface area (Å²) in [6, 6.07) is 24.3. The first-order chi connectivity index (χ1) is 15.5. The molecule has 1 aliphatic rings. The fourth-order valence-corrected chi connectivity index (χ4v) is 3.95. The summed E-state index contributed by atoms with van der Waals surface area (Å²) in [4.78, 5) is 32.1. The summed E-state index contributed by atoms with van der Waals surface area (Å²) in [6.45, 7) is 2.17. The molecule has 0 radical (unpaired) electrons. The van der Waals surface area contributed by atoms with Crippen LogP contribution in [0.4, 0.5) is 5.69 Å². The predicted molar refractivity (Wildman–Crippen MR) is 129 cm³/mol. The van der Waals surface area contributed by atoms with Crippen LogP contribution in [0.5, 0.6) is 0 Å². The zero-order valence-electron chi connectivity index (χ0n) is 17.8. The van der Waals surface area contributed by atoms with E-state index in [2.05, 4.69) is 5.32 Å². The largest absolute Gasteiger partial charge is 0.354 e. The van der Waals surface area contributed by atoms with Gasteiger partial charge in [0.15, 0.2) is 0 Å². The first-order valence-corrected chi connectivity index (χ1v) is 11.0. The molecular formula is C26H24ClN3O2. The number of anilines is 1. The van der Waals surface area contributed by atoms with Gasteiger partial charge in [-0.1, -0.05) is 72.3 Å². The minimum atomic E-state index is -0.631. The van der Waals surface area contributed by atoms with Crippen molar-refractivity contribution in [3.8, 4) is 0 Å². The van der Waals surface area contributed by atoms with Gasteiger partial charge in [-0.2, -0.15) is 0 Å². The molecule has 0 fully saturated rings. The Morgan fingerprint density at radius 2 is 1.72 bits per heavy atom. The summed E-state index contributed by atoms with van der Waals surface area (Å²) >= 11 is 6.30. The van der Waals surface area contributed by atoms with Crippen LogP contribution in [0.1, 0.15) is 23.6 Å². The number of fused-ring (bicyclic) bond motifs is 1. The average Bonchev–Trinajstić information content (AvgIpc) is 2.90. The van der Waals surface area contributed by atoms with Gasteiger partial charge in [-0.25, -0.2) is 0 Å². The van der Waals surface area contributed by atoms with Crippen molar-refractivity contribution in [1.82, 2.24) is 5.32 Å². The number of amides is 2. The second-order valence-corrected chi connectivity index (χ2v) is 8.13. The molecule has 4 rings (SSSR count). The van der Waals surface area contributed by atoms with E-state index >= 15 is 0 Å². The van der Waals surface area contributed by atoms with Crippen LogP contribution in [0.15, 0.2) is 83.9 Å². The maximum atomic E-state index is 13.2. The van der Waals surface area contributed by atoms with E-state index in [1.807, 2.05) is 60.7 Å². The van der Waals surface area contributed by atoms with Crippen LogP contribution in [0.25, 0.3) is 0 Å². The number of benzodiazepines with no additional fused rings is 1. The zero-order valence-corrected chi connectivity index (χ0v) is 18.5. The van der Waals surface area contributed by atoms with Gasteiger partial charge < -0.3 is 10.2 Å². The summed E-state index contributed by atoms with van der Waals surface area (Å²) < 4.78 is 0. The molecule has 3 aromatic rings. The highest BCUT2D eigenvalue weighted by Gasteiger charge is 2.31. The molecule has 32 heavy (non-hydrogen) atoms. The highest BCUT2D eigenvalue weighted by atomic mass is 35.5. The number of halogens is 1. The Balaban J connectivity index is 1.58. The van der Waals surface area contributed by atoms with Crippen molar-refractivity contribution < 1.29 is 9.59 Å². The van der Waals surface area contributed by atoms with Gasteiger partial charge >= 0.3 is 0 Å². The molecule has 0 saturated carbocycles. The lowest BCUT2D eigenvalue weighted by Gasteiger charge is -2.24. The molecule has 1 atom stereocenters. The van der Waals surface area contributed by atoms with Crippen LogP contribution in [0.3, 0.4) is 0 Å². The third-order valence-corrected chi connectivity index (χ3v) is 5.61. The van der Waals surface area contributed by atoms with Crippen molar-refractivity contribution >= 4 is 34.8 Å². The Morgan fingerprint density at radius 1 is 1.03 bits per heavy atom. The molecule has 0 saturated heterocycles. The van der Waals surface area contributed by atoms with E-state index in [0.29, 0.717) is 23.0 Å². The molecule has 2 amide bonds. The maximum absolute atomic E-state index is 13.2. The van der Waals surface area contributed by atoms with Crippen LogP contribution >= 0.6 is 11.6 Å². The van der Waals surface area contributed by atoms with Crippen LogP contribution < -0.4 is 10.2 Å². The molecule has 6 heteroatoms. The van der Waals surface area contributed by atoms with Crippen LogP contribution in [0, 0.1) is 0 Å². The first-order valence-electron chi connectivity index (χ1n) is 10.6. The molecule has 1 heterocycles. The molecule has 0 bridgehead atoms. The monoisotopic (exact) mass is 445 g/mol. The molecule has 0 aliphatic carbocycles. The molecule has 3 aromatic carbocycles. The number of aliphatic imine (C=N–C) groups is 1. The lowest BCUT2D eigenvalue weighted by atomic mass is 10.00. The first kappa shape index (κ1) is 21.8. The second-order valence-electron chi connectivity index (χ2n) is 7.69. The van der Waals surface area contributed by atoms with Crippen LogP contribution in [0.2, 0.25) is 5.02 Å². The van der Waals surface area contributed by atoms with Gasteiger partial charge in [0.25, 0.3) is 5.91 Å². The van der Waals surface area contributed by atoms with E-state index in [-0.39, 0.29) is 18.4 Å². The SMILES string of the molecule is C[C@@H]1N=C(c2ccccc2)c2cc(Cl)ccc2N(CC(=O)NCCc2ccccc2)C1=O. The van der Waals surface area contributed by atoms with E-state index in [9.17, 15) is 9.59 Å². The summed E-state index contributed by atoms with van der Waals surface area (Å²) in [5.41, 5.74) is 4.09. The van der Waals surface area contributed by atoms with Crippen molar-refractivity contribution in [3.63, 3.8) is 0 Å². The molecule has 1 aliphatic heterocycles. The fraction of sp³-hybridized carbons (Fsp3) is 0.192. The van der Waals surface area contributed by atoms with Gasteiger partial charge in [0, 0.05) is 22.7 Å². The quantitative estimate of drug-likeness (QED) is 0.615. The molecule has 162 valence electrons. The Morgan fingerprint density at radius 3 is 2.44 bits per heavy atom. The Bertz CT molecular complexity index is 1150. The normalized spacial score (nSPS) is 15.6. The lowest BCUT2D eigenvalue weighted by Crippen LogP contribution is -2.44. The molecular weight excluding hydrogens is 422 g/mol. The summed E-state index contributed by atoms with van der Waals surface area (Å²) in [6.07, 6.45) is 0.727. The second kappa shape index (κ2) is 9.79. The highest BCUT2D eigenvalue weighted by Crippen LogP contribution is 2.30. The van der Waals surface area contributed by atoms with E-state index < -0.39 is 6.04 Å². The lowest BCUT2D eigenvalue weighted by molar-refractivity contribution is -0.124. The maximum Gasteiger partial charge on any atom is 0.252 e. The molecule has 0 unspecified atom stereocenters. The van der Waals surface area contributed by atoms with E-state index in [1.54, 1.807) is 25.1 Å². The van der Waals surface area contributed by atoms with Gasteiger partial charge in [-0.15, -0.1) is 0 Å². The topological polar surface area (TPSA) is 61.8 Å². The third-order valence-electron chi connectivity index (χ3n) is 5.38. The number of benzene rings is 3. The van der Waals surface area contributed by atoms with Gasteiger partial charge in [0.2, 0.25) is 5.91 Å². The molecule has 0 spiro atoms. The summed E-state index contributed by atoms with van der Waals surface area (Å²) in [5, 5.41) is 3.47. The summed E-state index contributed by atoms with van der Waals surface area (Å²) in [7, 11) is 0. The number of nitrogens with one attached hydrogen (secondary N) is 1. The highest BCUT2D eigenvalue weighted by molar-refractivity contribution is 6.32. The van der Waals surface area contributed by atoms with E-state index in [4.69, 9.17) is 16.6 Å². The molecule has 0 aromatic heterocycles. The standard InChI is InChI=1S/C26H24ClN3O2/c1-18-26(32)30(17-24(31)28-15-14-19-8-4-2-5-9-19)23-13-12-21(27)16-22(23)25(29-18)20-10-6-3-7-11-20/h2-13,16,18H,14-15,17H2,1H3,(H,28,31)/t18-/m0/s1. The minimum absolute atomic E-state index is 0.0792. The fourth-order valence-electron chi connectivity index (χ4n) is 3.78. The molecule has 5 nitrogen and oxygen atoms in total. The van der Waals surface area contributed by atoms with Crippen LogP contribution in [-0.4, -0.2) is 36.7 Å². The van der Waals surface area contributed by atoms with Gasteiger partial charge in [0.05, 0.1) is 11.4 Å². The zero-order chi connectivity index (χ0) is 22.5. The van der Waals surface area contributed by atoms with Gasteiger partial charge in [0.1, 0.15) is 12.6 Å². The van der Waals surface area contributed by atoms with Crippen molar-refractivity contribution in [2.24, 2.45) is 4.99 Å². The average molecular weight is 446 g/mol. The summed E-state index contributed by atoms with van der Waals surface area (Å²) in [5.74, 6) is -0.441. The van der Waals surface area contributed by atoms with Crippen molar-refractivity contribution in [3.05, 3.63) is 101 Å². The Kier molecular flexibility index (Phi) is 6.66. The van der Waals surface area contributed by atoms with Crippen molar-refractivity contribution in [2.75, 3.05) is 18.0 Å². The number of nitrogens with zero attached hydrogens (tertiary/aromatic N) is 2. The number of hydrogen-bond acceptors (Lipinski definition) is 3. The minimum Gasteiger partial charge on any atom is -0.354 e. The van der Waals surface area contributed by atoms with Crippen molar-refractivity contribution in [2.45, 2.75) is 19.4 Å². The number of hydrogen-bond donors (Lipinski definition) is 1. The van der Waals surface area contributed by atoms with E-state index in [0.717, 1.165) is 23.1 Å². The smallest absolute Gasteiger partial charge is 0.252 e. The Hall–Kier alpha value is -3.44. The Labute approximate surface area is 192 Å². The van der Waals surface area contributed by atoms with E-state index in [1.165, 1.54) is 4.90 Å². The number of carbonyl (C=O) groups excluding carboxylic acids is 2. The van der Waals surface area contributed by atoms with Gasteiger partial charge in [-0.3, -0.25) is 14.6 Å².